The van der Waals surface area contributed by atoms with Gasteiger partial charge < -0.3 is 4.90 Å². The molecule has 0 saturated carbocycles. The second-order valence-electron chi connectivity index (χ2n) is 6.94. The molecule has 136 valence electrons. The monoisotopic (exact) mass is 369 g/mol. The van der Waals surface area contributed by atoms with E-state index >= 15 is 0 Å². The van der Waals surface area contributed by atoms with Crippen LogP contribution < -0.4 is 0 Å². The van der Waals surface area contributed by atoms with Gasteiger partial charge in [-0.15, -0.1) is 0 Å². The standard InChI is InChI=1S/C20H23N3O2S/c24-26(25)15-22-10-7-19(8-11-22)23-12-6-16-13-17(4-5-18(16)14-23)20-3-1-2-9-21-20/h1-6,9,12-13,19,26H,7-8,10-11,14-15H2. The van der Waals surface area contributed by atoms with Gasteiger partial charge in [0, 0.05) is 43.6 Å². The summed E-state index contributed by atoms with van der Waals surface area (Å²) in [6.07, 6.45) is 8.22. The summed E-state index contributed by atoms with van der Waals surface area (Å²) in [4.78, 5) is 8.86. The van der Waals surface area contributed by atoms with Crippen molar-refractivity contribution < 1.29 is 8.42 Å². The number of piperidine rings is 1. The lowest BCUT2D eigenvalue weighted by molar-refractivity contribution is 0.150. The third-order valence-electron chi connectivity index (χ3n) is 5.25. The first-order valence-corrected chi connectivity index (χ1v) is 10.4. The Hall–Kier alpha value is -2.18. The van der Waals surface area contributed by atoms with Crippen molar-refractivity contribution in [2.24, 2.45) is 0 Å². The van der Waals surface area contributed by atoms with Crippen LogP contribution in [-0.2, 0) is 17.2 Å². The molecule has 6 heteroatoms. The molecule has 0 N–H and O–H groups in total. The van der Waals surface area contributed by atoms with Crippen LogP contribution in [0.5, 0.6) is 0 Å². The normalized spacial score (nSPS) is 18.3. The summed E-state index contributed by atoms with van der Waals surface area (Å²) < 4.78 is 21.8. The third kappa shape index (κ3) is 3.81. The van der Waals surface area contributed by atoms with E-state index in [9.17, 15) is 8.42 Å². The fraction of sp³-hybridized carbons (Fsp3) is 0.350. The Kier molecular flexibility index (Phi) is 5.04. The zero-order valence-electron chi connectivity index (χ0n) is 14.6. The molecule has 2 aromatic rings. The zero-order valence-corrected chi connectivity index (χ0v) is 15.5. The Morgan fingerprint density at radius 3 is 2.69 bits per heavy atom. The second kappa shape index (κ2) is 7.60. The first kappa shape index (κ1) is 17.2. The first-order chi connectivity index (χ1) is 12.7. The molecule has 5 nitrogen and oxygen atoms in total. The topological polar surface area (TPSA) is 53.5 Å². The number of rotatable bonds is 4. The fourth-order valence-electron chi connectivity index (χ4n) is 3.82. The van der Waals surface area contributed by atoms with Crippen molar-refractivity contribution in [3.63, 3.8) is 0 Å². The Morgan fingerprint density at radius 1 is 1.12 bits per heavy atom. The number of hydrogen-bond donors (Lipinski definition) is 1. The van der Waals surface area contributed by atoms with Gasteiger partial charge in [0.1, 0.15) is 0 Å². The molecular formula is C20H23N3O2S. The van der Waals surface area contributed by atoms with E-state index in [1.165, 1.54) is 11.1 Å². The first-order valence-electron chi connectivity index (χ1n) is 9.01. The van der Waals surface area contributed by atoms with Gasteiger partial charge in [-0.3, -0.25) is 9.88 Å². The number of pyridine rings is 1. The van der Waals surface area contributed by atoms with Gasteiger partial charge in [0.05, 0.1) is 11.6 Å². The number of nitrogens with zero attached hydrogens (tertiary/aromatic N) is 3. The van der Waals surface area contributed by atoms with Crippen LogP contribution in [0.3, 0.4) is 0 Å². The number of likely N-dealkylation sites (tertiary alicyclic amines) is 1. The smallest absolute Gasteiger partial charge is 0.153 e. The maximum Gasteiger partial charge on any atom is 0.153 e. The Bertz CT molecular complexity index is 864. The molecular weight excluding hydrogens is 346 g/mol. The van der Waals surface area contributed by atoms with Crippen LogP contribution in [0.4, 0.5) is 0 Å². The van der Waals surface area contributed by atoms with Crippen LogP contribution >= 0.6 is 0 Å². The molecule has 26 heavy (non-hydrogen) atoms. The molecule has 3 heterocycles. The molecule has 1 fully saturated rings. The van der Waals surface area contributed by atoms with E-state index in [4.69, 9.17) is 0 Å². The largest absolute Gasteiger partial charge is 0.370 e. The second-order valence-corrected chi connectivity index (χ2v) is 7.89. The molecule has 1 aromatic heterocycles. The summed E-state index contributed by atoms with van der Waals surface area (Å²) >= 11 is 0. The lowest BCUT2D eigenvalue weighted by Gasteiger charge is -2.39. The average molecular weight is 369 g/mol. The molecule has 0 bridgehead atoms. The summed E-state index contributed by atoms with van der Waals surface area (Å²) in [6, 6.07) is 13.0. The van der Waals surface area contributed by atoms with Crippen molar-refractivity contribution in [2.45, 2.75) is 25.4 Å². The maximum atomic E-state index is 10.9. The lowest BCUT2D eigenvalue weighted by atomic mass is 9.96. The zero-order chi connectivity index (χ0) is 17.9. The van der Waals surface area contributed by atoms with E-state index < -0.39 is 10.7 Å². The van der Waals surface area contributed by atoms with Gasteiger partial charge in [-0.1, -0.05) is 18.2 Å². The minimum absolute atomic E-state index is 0.191. The average Bonchev–Trinajstić information content (AvgIpc) is 2.68. The van der Waals surface area contributed by atoms with Crippen LogP contribution in [0.25, 0.3) is 17.3 Å². The van der Waals surface area contributed by atoms with Gasteiger partial charge >= 0.3 is 0 Å². The van der Waals surface area contributed by atoms with Gasteiger partial charge in [0.15, 0.2) is 10.7 Å². The van der Waals surface area contributed by atoms with Gasteiger partial charge in [-0.2, -0.15) is 0 Å². The minimum atomic E-state index is -2.32. The molecule has 1 aromatic carbocycles. The number of aromatic nitrogens is 1. The SMILES string of the molecule is O=[SH](=O)CN1CCC(N2C=Cc3cc(-c4ccccn4)ccc3C2)CC1. The summed E-state index contributed by atoms with van der Waals surface area (Å²) in [5, 5.41) is 0. The molecule has 2 aliphatic rings. The highest BCUT2D eigenvalue weighted by Gasteiger charge is 2.25. The number of fused-ring (bicyclic) bond motifs is 1. The van der Waals surface area contributed by atoms with Crippen LogP contribution in [0.2, 0.25) is 0 Å². The van der Waals surface area contributed by atoms with E-state index in [2.05, 4.69) is 40.4 Å². The molecule has 0 amide bonds. The third-order valence-corrected chi connectivity index (χ3v) is 5.88. The molecule has 2 aliphatic heterocycles. The molecule has 0 spiro atoms. The Balaban J connectivity index is 1.44. The van der Waals surface area contributed by atoms with E-state index in [0.717, 1.165) is 43.7 Å². The Morgan fingerprint density at radius 2 is 1.96 bits per heavy atom. The lowest BCUT2D eigenvalue weighted by Crippen LogP contribution is -2.43. The van der Waals surface area contributed by atoms with Gasteiger partial charge in [0.2, 0.25) is 0 Å². The molecule has 4 rings (SSSR count). The van der Waals surface area contributed by atoms with E-state index in [0.29, 0.717) is 6.04 Å². The number of hydrogen-bond acceptors (Lipinski definition) is 5. The minimum Gasteiger partial charge on any atom is -0.370 e. The van der Waals surface area contributed by atoms with E-state index in [1.54, 1.807) is 0 Å². The molecule has 0 unspecified atom stereocenters. The summed E-state index contributed by atoms with van der Waals surface area (Å²) in [7, 11) is -2.32. The van der Waals surface area contributed by atoms with Crippen LogP contribution in [0.15, 0.2) is 48.8 Å². The summed E-state index contributed by atoms with van der Waals surface area (Å²) in [6.45, 7) is 2.61. The predicted octanol–water partition coefficient (Wildman–Crippen LogP) is 2.57. The molecule has 0 radical (unpaired) electrons. The summed E-state index contributed by atoms with van der Waals surface area (Å²) in [5.41, 5.74) is 4.72. The van der Waals surface area contributed by atoms with Crippen molar-refractivity contribution >= 4 is 16.8 Å². The van der Waals surface area contributed by atoms with Gasteiger partial charge in [-0.05, 0) is 48.2 Å². The van der Waals surface area contributed by atoms with Crippen molar-refractivity contribution in [2.75, 3.05) is 19.0 Å². The number of thiol groups is 1. The summed E-state index contributed by atoms with van der Waals surface area (Å²) in [5.74, 6) is 0.191. The fourth-order valence-corrected chi connectivity index (χ4v) is 4.43. The van der Waals surface area contributed by atoms with Crippen molar-refractivity contribution in [1.29, 1.82) is 0 Å². The Labute approximate surface area is 155 Å². The van der Waals surface area contributed by atoms with Crippen LogP contribution in [-0.4, -0.2) is 48.2 Å². The van der Waals surface area contributed by atoms with Crippen LogP contribution in [0, 0.1) is 0 Å². The molecule has 1 saturated heterocycles. The maximum absolute atomic E-state index is 10.9. The number of benzene rings is 1. The molecule has 0 aliphatic carbocycles. The van der Waals surface area contributed by atoms with Crippen molar-refractivity contribution in [3.05, 3.63) is 59.9 Å². The highest BCUT2D eigenvalue weighted by Crippen LogP contribution is 2.28. The van der Waals surface area contributed by atoms with Crippen molar-refractivity contribution in [1.82, 2.24) is 14.8 Å². The van der Waals surface area contributed by atoms with Crippen LogP contribution in [0.1, 0.15) is 24.0 Å². The highest BCUT2D eigenvalue weighted by atomic mass is 32.2. The highest BCUT2D eigenvalue weighted by molar-refractivity contribution is 7.72. The molecule has 0 atom stereocenters. The van der Waals surface area contributed by atoms with Gasteiger partial charge in [0.25, 0.3) is 0 Å². The predicted molar refractivity (Wildman–Crippen MR) is 104 cm³/mol. The quantitative estimate of drug-likeness (QED) is 0.840. The van der Waals surface area contributed by atoms with Gasteiger partial charge in [-0.25, -0.2) is 8.42 Å². The van der Waals surface area contributed by atoms with Crippen molar-refractivity contribution in [3.8, 4) is 11.3 Å². The van der Waals surface area contributed by atoms with E-state index in [1.807, 2.05) is 29.3 Å². The van der Waals surface area contributed by atoms with E-state index in [-0.39, 0.29) is 5.88 Å².